The first-order chi connectivity index (χ1) is 7.86. The third-order valence-electron chi connectivity index (χ3n) is 2.32. The van der Waals surface area contributed by atoms with Gasteiger partial charge in [0.15, 0.2) is 5.65 Å². The van der Waals surface area contributed by atoms with Crippen molar-refractivity contribution in [3.8, 4) is 5.69 Å². The number of para-hydroxylation sites is 1. The molecule has 5 heteroatoms. The zero-order valence-corrected chi connectivity index (χ0v) is 9.79. The van der Waals surface area contributed by atoms with Gasteiger partial charge < -0.3 is 0 Å². The second-order valence-corrected chi connectivity index (χ2v) is 4.04. The molecule has 0 atom stereocenters. The van der Waals surface area contributed by atoms with E-state index in [4.69, 9.17) is 0 Å². The van der Waals surface area contributed by atoms with Gasteiger partial charge in [0.1, 0.15) is 10.9 Å². The Morgan fingerprint density at radius 2 is 1.88 bits per heavy atom. The van der Waals surface area contributed by atoms with E-state index in [0.29, 0.717) is 0 Å². The lowest BCUT2D eigenvalue weighted by molar-refractivity contribution is 0.895. The standard InChI is InChI=1S/C11H7BrN4/c12-10-9-6-15-16(11(9)14-7-13-10)8-4-2-1-3-5-8/h1-7H. The first kappa shape index (κ1) is 9.47. The van der Waals surface area contributed by atoms with Gasteiger partial charge >= 0.3 is 0 Å². The molecule has 2 aromatic heterocycles. The quantitative estimate of drug-likeness (QED) is 0.641. The summed E-state index contributed by atoms with van der Waals surface area (Å²) in [5, 5.41) is 5.22. The Kier molecular flexibility index (Phi) is 2.18. The molecule has 0 bridgehead atoms. The first-order valence-electron chi connectivity index (χ1n) is 4.76. The Labute approximate surface area is 100 Å². The summed E-state index contributed by atoms with van der Waals surface area (Å²) in [4.78, 5) is 8.30. The Balaban J connectivity index is 2.30. The van der Waals surface area contributed by atoms with E-state index in [0.717, 1.165) is 21.3 Å². The fourth-order valence-electron chi connectivity index (χ4n) is 1.57. The van der Waals surface area contributed by atoms with Crippen LogP contribution in [-0.4, -0.2) is 19.7 Å². The van der Waals surface area contributed by atoms with Crippen LogP contribution in [0.3, 0.4) is 0 Å². The molecule has 2 heterocycles. The van der Waals surface area contributed by atoms with Crippen molar-refractivity contribution in [3.05, 3.63) is 47.5 Å². The largest absolute Gasteiger partial charge is 0.229 e. The average Bonchev–Trinajstić information content (AvgIpc) is 2.75. The maximum Gasteiger partial charge on any atom is 0.167 e. The second-order valence-electron chi connectivity index (χ2n) is 3.29. The lowest BCUT2D eigenvalue weighted by atomic mass is 10.3. The van der Waals surface area contributed by atoms with Crippen LogP contribution >= 0.6 is 15.9 Å². The maximum atomic E-state index is 4.31. The van der Waals surface area contributed by atoms with Crippen molar-refractivity contribution in [1.82, 2.24) is 19.7 Å². The molecule has 0 unspecified atom stereocenters. The number of hydrogen-bond acceptors (Lipinski definition) is 3. The Hall–Kier alpha value is -1.75. The van der Waals surface area contributed by atoms with Gasteiger partial charge in [-0.15, -0.1) is 0 Å². The van der Waals surface area contributed by atoms with E-state index >= 15 is 0 Å². The number of halogens is 1. The van der Waals surface area contributed by atoms with Gasteiger partial charge in [0.05, 0.1) is 17.3 Å². The Morgan fingerprint density at radius 3 is 2.69 bits per heavy atom. The molecule has 1 aromatic carbocycles. The minimum Gasteiger partial charge on any atom is -0.229 e. The van der Waals surface area contributed by atoms with Crippen molar-refractivity contribution in [2.75, 3.05) is 0 Å². The highest BCUT2D eigenvalue weighted by Gasteiger charge is 2.08. The van der Waals surface area contributed by atoms with Gasteiger partial charge in [-0.3, -0.25) is 0 Å². The molecule has 16 heavy (non-hydrogen) atoms. The van der Waals surface area contributed by atoms with Crippen molar-refractivity contribution in [1.29, 1.82) is 0 Å². The van der Waals surface area contributed by atoms with E-state index in [2.05, 4.69) is 31.0 Å². The number of aromatic nitrogens is 4. The van der Waals surface area contributed by atoms with Crippen LogP contribution in [0.4, 0.5) is 0 Å². The molecule has 0 aliphatic carbocycles. The average molecular weight is 275 g/mol. The smallest absolute Gasteiger partial charge is 0.167 e. The van der Waals surface area contributed by atoms with Gasteiger partial charge in [0, 0.05) is 0 Å². The third-order valence-corrected chi connectivity index (χ3v) is 2.95. The lowest BCUT2D eigenvalue weighted by Crippen LogP contribution is -1.97. The van der Waals surface area contributed by atoms with Crippen LogP contribution in [0.2, 0.25) is 0 Å². The second kappa shape index (κ2) is 3.68. The zero-order chi connectivity index (χ0) is 11.0. The fourth-order valence-corrected chi connectivity index (χ4v) is 1.94. The van der Waals surface area contributed by atoms with Gasteiger partial charge in [-0.1, -0.05) is 18.2 Å². The Morgan fingerprint density at radius 1 is 1.06 bits per heavy atom. The van der Waals surface area contributed by atoms with Crippen molar-refractivity contribution < 1.29 is 0 Å². The van der Waals surface area contributed by atoms with E-state index in [1.54, 1.807) is 10.9 Å². The summed E-state index contributed by atoms with van der Waals surface area (Å²) in [6, 6.07) is 9.89. The van der Waals surface area contributed by atoms with E-state index in [1.165, 1.54) is 6.33 Å². The monoisotopic (exact) mass is 274 g/mol. The van der Waals surface area contributed by atoms with Crippen LogP contribution < -0.4 is 0 Å². The lowest BCUT2D eigenvalue weighted by Gasteiger charge is -2.01. The summed E-state index contributed by atoms with van der Waals surface area (Å²) in [6.45, 7) is 0. The van der Waals surface area contributed by atoms with Crippen molar-refractivity contribution in [3.63, 3.8) is 0 Å². The topological polar surface area (TPSA) is 43.6 Å². The van der Waals surface area contributed by atoms with Gasteiger partial charge in [0.25, 0.3) is 0 Å². The van der Waals surface area contributed by atoms with Crippen molar-refractivity contribution in [2.24, 2.45) is 0 Å². The van der Waals surface area contributed by atoms with Gasteiger partial charge in [-0.05, 0) is 28.1 Å². The molecule has 0 saturated carbocycles. The van der Waals surface area contributed by atoms with E-state index in [1.807, 2.05) is 30.3 Å². The fraction of sp³-hybridized carbons (Fsp3) is 0. The molecule has 4 nitrogen and oxygen atoms in total. The summed E-state index contributed by atoms with van der Waals surface area (Å²) in [6.07, 6.45) is 3.28. The van der Waals surface area contributed by atoms with Crippen molar-refractivity contribution in [2.45, 2.75) is 0 Å². The van der Waals surface area contributed by atoms with Crippen LogP contribution in [0.25, 0.3) is 16.7 Å². The summed E-state index contributed by atoms with van der Waals surface area (Å²) < 4.78 is 2.56. The molecule has 0 aliphatic rings. The Bertz CT molecular complexity index is 633. The normalized spacial score (nSPS) is 10.8. The highest BCUT2D eigenvalue weighted by atomic mass is 79.9. The predicted molar refractivity (Wildman–Crippen MR) is 64.4 cm³/mol. The summed E-state index contributed by atoms with van der Waals surface area (Å²) in [5.74, 6) is 0. The van der Waals surface area contributed by atoms with E-state index in [9.17, 15) is 0 Å². The van der Waals surface area contributed by atoms with Crippen LogP contribution in [0.15, 0.2) is 47.5 Å². The number of benzene rings is 1. The van der Waals surface area contributed by atoms with Crippen molar-refractivity contribution >= 4 is 27.0 Å². The summed E-state index contributed by atoms with van der Waals surface area (Å²) in [5.41, 5.74) is 1.79. The van der Waals surface area contributed by atoms with E-state index < -0.39 is 0 Å². The first-order valence-corrected chi connectivity index (χ1v) is 5.55. The minimum atomic E-state index is 0.764. The molecule has 0 radical (unpaired) electrons. The predicted octanol–water partition coefficient (Wildman–Crippen LogP) is 2.58. The minimum absolute atomic E-state index is 0.764. The zero-order valence-electron chi connectivity index (χ0n) is 8.21. The molecule has 0 spiro atoms. The van der Waals surface area contributed by atoms with Gasteiger partial charge in [-0.25, -0.2) is 14.6 Å². The SMILES string of the molecule is Brc1ncnc2c1cnn2-c1ccccc1. The number of hydrogen-bond donors (Lipinski definition) is 0. The molecular formula is C11H7BrN4. The molecule has 0 N–H and O–H groups in total. The molecule has 0 fully saturated rings. The highest BCUT2D eigenvalue weighted by molar-refractivity contribution is 9.10. The number of rotatable bonds is 1. The van der Waals surface area contributed by atoms with Gasteiger partial charge in [-0.2, -0.15) is 5.10 Å². The summed E-state index contributed by atoms with van der Waals surface area (Å²) in [7, 11) is 0. The molecule has 3 aromatic rings. The maximum absolute atomic E-state index is 4.31. The van der Waals surface area contributed by atoms with Crippen LogP contribution in [0.1, 0.15) is 0 Å². The highest BCUT2D eigenvalue weighted by Crippen LogP contribution is 2.21. The molecule has 78 valence electrons. The number of nitrogens with zero attached hydrogens (tertiary/aromatic N) is 4. The molecule has 0 amide bonds. The molecule has 3 rings (SSSR count). The van der Waals surface area contributed by atoms with Crippen LogP contribution in [0, 0.1) is 0 Å². The van der Waals surface area contributed by atoms with E-state index in [-0.39, 0.29) is 0 Å². The molecule has 0 aliphatic heterocycles. The molecule has 0 saturated heterocycles. The van der Waals surface area contributed by atoms with Crippen LogP contribution in [0.5, 0.6) is 0 Å². The summed E-state index contributed by atoms with van der Waals surface area (Å²) >= 11 is 3.38. The number of fused-ring (bicyclic) bond motifs is 1. The van der Waals surface area contributed by atoms with Gasteiger partial charge in [0.2, 0.25) is 0 Å². The van der Waals surface area contributed by atoms with Crippen LogP contribution in [-0.2, 0) is 0 Å². The molecular weight excluding hydrogens is 268 g/mol. The third kappa shape index (κ3) is 1.40.